The quantitative estimate of drug-likeness (QED) is 0.544. The van der Waals surface area contributed by atoms with E-state index >= 15 is 0 Å². The number of halogens is 1. The molecule has 1 amide bonds. The average Bonchev–Trinajstić information content (AvgIpc) is 3.01. The van der Waals surface area contributed by atoms with Gasteiger partial charge in [-0.3, -0.25) is 9.69 Å². The van der Waals surface area contributed by atoms with Gasteiger partial charge in [-0.05, 0) is 54.5 Å². The van der Waals surface area contributed by atoms with Gasteiger partial charge in [0, 0.05) is 11.1 Å². The first-order valence-electron chi connectivity index (χ1n) is 9.38. The molecule has 0 fully saturated rings. The molecule has 0 bridgehead atoms. The van der Waals surface area contributed by atoms with Crippen LogP contribution in [0, 0.1) is 6.92 Å². The van der Waals surface area contributed by atoms with Crippen LogP contribution in [0.25, 0.3) is 11.6 Å². The number of anilines is 2. The molecular weight excluding hydrogens is 418 g/mol. The Morgan fingerprint density at radius 1 is 1.13 bits per heavy atom. The second kappa shape index (κ2) is 7.81. The maximum Gasteiger partial charge on any atom is 0.339 e. The van der Waals surface area contributed by atoms with Crippen LogP contribution in [-0.4, -0.2) is 29.2 Å². The molecule has 1 aliphatic heterocycles. The molecule has 2 N–H and O–H groups in total. The summed E-state index contributed by atoms with van der Waals surface area (Å²) in [5.74, 6) is -1.52. The van der Waals surface area contributed by atoms with Crippen LogP contribution in [0.2, 0.25) is 5.02 Å². The van der Waals surface area contributed by atoms with Gasteiger partial charge < -0.3 is 14.9 Å². The Hall–Kier alpha value is -3.77. The summed E-state index contributed by atoms with van der Waals surface area (Å²) in [6, 6.07) is 14.8. The Morgan fingerprint density at radius 3 is 2.52 bits per heavy atom. The largest absolute Gasteiger partial charge is 0.507 e. The summed E-state index contributed by atoms with van der Waals surface area (Å²) in [4.78, 5) is 26.2. The van der Waals surface area contributed by atoms with E-state index in [1.54, 1.807) is 30.3 Å². The molecule has 3 aromatic rings. The fraction of sp³-hybridized carbons (Fsp3) is 0.0833. The Balaban J connectivity index is 1.94. The highest BCUT2D eigenvalue weighted by Crippen LogP contribution is 2.47. The number of aromatic hydroxyl groups is 1. The van der Waals surface area contributed by atoms with Crippen LogP contribution in [0.1, 0.15) is 27.0 Å². The lowest BCUT2D eigenvalue weighted by atomic mass is 10.0. The minimum atomic E-state index is -1.26. The van der Waals surface area contributed by atoms with Crippen molar-refractivity contribution in [1.29, 1.82) is 0 Å². The normalized spacial score (nSPS) is 14.1. The third-order valence-corrected chi connectivity index (χ3v) is 5.53. The number of carbonyl (C=O) groups is 2. The summed E-state index contributed by atoms with van der Waals surface area (Å²) >= 11 is 6.39. The molecule has 0 spiro atoms. The summed E-state index contributed by atoms with van der Waals surface area (Å²) in [5.41, 5.74) is 3.25. The van der Waals surface area contributed by atoms with Gasteiger partial charge >= 0.3 is 5.97 Å². The first-order chi connectivity index (χ1) is 14.8. The van der Waals surface area contributed by atoms with Crippen molar-refractivity contribution in [2.75, 3.05) is 12.0 Å². The zero-order valence-electron chi connectivity index (χ0n) is 16.7. The van der Waals surface area contributed by atoms with Crippen molar-refractivity contribution in [1.82, 2.24) is 0 Å². The maximum atomic E-state index is 13.5. The first kappa shape index (κ1) is 20.5. The number of methoxy groups -OCH3 is 1. The molecular formula is C24H18ClNO5. The average molecular weight is 436 g/mol. The summed E-state index contributed by atoms with van der Waals surface area (Å²) < 4.78 is 5.51. The van der Waals surface area contributed by atoms with E-state index in [-0.39, 0.29) is 11.5 Å². The van der Waals surface area contributed by atoms with E-state index in [9.17, 15) is 19.8 Å². The lowest BCUT2D eigenvalue weighted by molar-refractivity contribution is -0.112. The van der Waals surface area contributed by atoms with E-state index in [0.29, 0.717) is 33.3 Å². The lowest BCUT2D eigenvalue weighted by Crippen LogP contribution is -2.20. The predicted octanol–water partition coefficient (Wildman–Crippen LogP) is 5.28. The second-order valence-electron chi connectivity index (χ2n) is 7.03. The zero-order valence-corrected chi connectivity index (χ0v) is 17.5. The molecule has 0 radical (unpaired) electrons. The van der Waals surface area contributed by atoms with Crippen molar-refractivity contribution in [2.45, 2.75) is 6.92 Å². The number of hydrogen-bond acceptors (Lipinski definition) is 4. The number of nitrogens with zero attached hydrogens (tertiary/aromatic N) is 1. The van der Waals surface area contributed by atoms with Crippen LogP contribution in [0.3, 0.4) is 0 Å². The smallest absolute Gasteiger partial charge is 0.339 e. The number of aryl methyl sites for hydroxylation is 1. The molecule has 156 valence electrons. The van der Waals surface area contributed by atoms with Gasteiger partial charge in [-0.1, -0.05) is 29.8 Å². The lowest BCUT2D eigenvalue weighted by Gasteiger charge is -2.18. The summed E-state index contributed by atoms with van der Waals surface area (Å²) in [6.07, 6.45) is 1.73. The maximum absolute atomic E-state index is 13.5. The number of benzene rings is 3. The fourth-order valence-corrected chi connectivity index (χ4v) is 3.96. The summed E-state index contributed by atoms with van der Waals surface area (Å²) in [7, 11) is 1.52. The molecule has 3 aromatic carbocycles. The molecule has 31 heavy (non-hydrogen) atoms. The third-order valence-electron chi connectivity index (χ3n) is 5.20. The second-order valence-corrected chi connectivity index (χ2v) is 7.44. The van der Waals surface area contributed by atoms with Gasteiger partial charge in [0.15, 0.2) is 0 Å². The number of carbonyl (C=O) groups excluding carboxylic acids is 1. The Kier molecular flexibility index (Phi) is 5.17. The molecule has 0 atom stereocenters. The molecule has 1 heterocycles. The number of hydrogen-bond donors (Lipinski definition) is 2. The van der Waals surface area contributed by atoms with Crippen molar-refractivity contribution < 1.29 is 24.5 Å². The monoisotopic (exact) mass is 435 g/mol. The van der Waals surface area contributed by atoms with Crippen molar-refractivity contribution in [2.24, 2.45) is 0 Å². The van der Waals surface area contributed by atoms with Gasteiger partial charge in [-0.25, -0.2) is 4.79 Å². The van der Waals surface area contributed by atoms with E-state index in [0.717, 1.165) is 11.1 Å². The zero-order chi connectivity index (χ0) is 22.3. The van der Waals surface area contributed by atoms with Crippen LogP contribution in [0.15, 0.2) is 54.6 Å². The number of aromatic carboxylic acids is 1. The van der Waals surface area contributed by atoms with E-state index in [1.165, 1.54) is 30.2 Å². The summed E-state index contributed by atoms with van der Waals surface area (Å²) in [5, 5.41) is 19.8. The predicted molar refractivity (Wildman–Crippen MR) is 119 cm³/mol. The van der Waals surface area contributed by atoms with Gasteiger partial charge in [0.1, 0.15) is 17.1 Å². The van der Waals surface area contributed by atoms with E-state index < -0.39 is 11.7 Å². The van der Waals surface area contributed by atoms with Gasteiger partial charge in [0.05, 0.1) is 29.6 Å². The van der Waals surface area contributed by atoms with Crippen molar-refractivity contribution in [3.8, 4) is 11.5 Å². The van der Waals surface area contributed by atoms with Gasteiger partial charge in [0.2, 0.25) is 0 Å². The van der Waals surface area contributed by atoms with Crippen LogP contribution in [0.4, 0.5) is 11.4 Å². The number of ether oxygens (including phenoxy) is 1. The standard InChI is InChI=1S/C24H18ClNO5/c1-13-5-3-6-18(25)16(13)12-17-22-19(7-4-8-21(22)31-2)26(23(17)28)14-9-10-15(24(29)30)20(27)11-14/h3-12,27H,1-2H3,(H,29,30)/b17-12-. The molecule has 1 aliphatic rings. The highest BCUT2D eigenvalue weighted by molar-refractivity contribution is 6.40. The number of fused-ring (bicyclic) bond motifs is 1. The van der Waals surface area contributed by atoms with Gasteiger partial charge in [0.25, 0.3) is 5.91 Å². The molecule has 0 saturated heterocycles. The van der Waals surface area contributed by atoms with Crippen LogP contribution < -0.4 is 9.64 Å². The minimum Gasteiger partial charge on any atom is -0.507 e. The molecule has 0 saturated carbocycles. The number of phenols is 1. The highest BCUT2D eigenvalue weighted by atomic mass is 35.5. The van der Waals surface area contributed by atoms with E-state index in [1.807, 2.05) is 19.1 Å². The topological polar surface area (TPSA) is 87.1 Å². The molecule has 0 aliphatic carbocycles. The Morgan fingerprint density at radius 2 is 1.87 bits per heavy atom. The van der Waals surface area contributed by atoms with Gasteiger partial charge in [-0.15, -0.1) is 0 Å². The van der Waals surface area contributed by atoms with Crippen LogP contribution in [-0.2, 0) is 4.79 Å². The minimum absolute atomic E-state index is 0.247. The number of carboxylic acid groups (broad SMARTS) is 1. The van der Waals surface area contributed by atoms with Crippen molar-refractivity contribution >= 4 is 46.5 Å². The van der Waals surface area contributed by atoms with E-state index in [4.69, 9.17) is 16.3 Å². The number of amides is 1. The summed E-state index contributed by atoms with van der Waals surface area (Å²) in [6.45, 7) is 1.90. The Bertz CT molecular complexity index is 1240. The number of rotatable bonds is 4. The molecule has 7 heteroatoms. The van der Waals surface area contributed by atoms with Gasteiger partial charge in [-0.2, -0.15) is 0 Å². The molecule has 0 unspecified atom stereocenters. The first-order valence-corrected chi connectivity index (χ1v) is 9.76. The molecule has 0 aromatic heterocycles. The third kappa shape index (κ3) is 3.41. The van der Waals surface area contributed by atoms with E-state index in [2.05, 4.69) is 0 Å². The molecule has 4 rings (SSSR count). The van der Waals surface area contributed by atoms with Crippen molar-refractivity contribution in [3.63, 3.8) is 0 Å². The molecule has 6 nitrogen and oxygen atoms in total. The fourth-order valence-electron chi connectivity index (χ4n) is 3.69. The SMILES string of the molecule is COc1cccc2c1/C(=C/c1c(C)cccc1Cl)C(=O)N2c1ccc(C(=O)O)c(O)c1. The van der Waals surface area contributed by atoms with Crippen molar-refractivity contribution in [3.05, 3.63) is 81.9 Å². The van der Waals surface area contributed by atoms with Crippen LogP contribution in [0.5, 0.6) is 11.5 Å². The highest BCUT2D eigenvalue weighted by Gasteiger charge is 2.36. The number of carboxylic acids is 1. The van der Waals surface area contributed by atoms with Crippen LogP contribution >= 0.6 is 11.6 Å². The Labute approximate surface area is 183 Å².